The molecule has 3 heterocycles. The molecular formula is C29H27FN6O2. The van der Waals surface area contributed by atoms with Gasteiger partial charge in [-0.25, -0.2) is 14.4 Å². The maximum atomic E-state index is 15.6. The van der Waals surface area contributed by atoms with E-state index >= 15 is 4.39 Å². The van der Waals surface area contributed by atoms with Crippen LogP contribution in [0.15, 0.2) is 84.2 Å². The number of fused-ring (bicyclic) bond motifs is 1. The topological polar surface area (TPSA) is 102 Å². The lowest BCUT2D eigenvalue weighted by molar-refractivity contribution is 0.175. The lowest BCUT2D eigenvalue weighted by atomic mass is 9.99. The van der Waals surface area contributed by atoms with E-state index < -0.39 is 11.4 Å². The molecular weight excluding hydrogens is 483 g/mol. The summed E-state index contributed by atoms with van der Waals surface area (Å²) in [5.41, 5.74) is 10.3. The summed E-state index contributed by atoms with van der Waals surface area (Å²) in [6.45, 7) is 2.50. The molecule has 0 radical (unpaired) electrons. The smallest absolute Gasteiger partial charge is 0.284 e. The van der Waals surface area contributed by atoms with E-state index in [0.29, 0.717) is 25.2 Å². The van der Waals surface area contributed by atoms with Crippen LogP contribution in [0.5, 0.6) is 0 Å². The molecule has 9 heteroatoms. The number of nitrogens with zero attached hydrogens (tertiary/aromatic N) is 5. The van der Waals surface area contributed by atoms with Gasteiger partial charge in [0.15, 0.2) is 11.2 Å². The minimum atomic E-state index is -0.534. The Balaban J connectivity index is 1.38. The Hall–Kier alpha value is -4.18. The quantitative estimate of drug-likeness (QED) is 0.363. The standard InChI is InChI=1S/C29H27FN6O2/c30-25-13-20(24-7-2-1-5-21(24)15-34-11-10-23(37)16-34)8-9-26(25)36-18-33-28-27(29(36)38)35(17-32-28)22-6-3-4-19(12-22)14-31/h1-9,12-13,17-18,23,37H,10-11,14-16,31H2/t23-/m1/s1. The van der Waals surface area contributed by atoms with Crippen LogP contribution in [-0.2, 0) is 13.1 Å². The number of aliphatic hydroxyl groups excluding tert-OH is 1. The summed E-state index contributed by atoms with van der Waals surface area (Å²) in [5.74, 6) is -0.534. The minimum absolute atomic E-state index is 0.108. The van der Waals surface area contributed by atoms with Crippen molar-refractivity contribution in [3.8, 4) is 22.5 Å². The largest absolute Gasteiger partial charge is 0.392 e. The van der Waals surface area contributed by atoms with E-state index in [-0.39, 0.29) is 23.0 Å². The van der Waals surface area contributed by atoms with E-state index in [2.05, 4.69) is 14.9 Å². The Morgan fingerprint density at radius 2 is 1.82 bits per heavy atom. The molecule has 0 amide bonds. The molecule has 5 aromatic rings. The normalized spacial score (nSPS) is 15.9. The van der Waals surface area contributed by atoms with E-state index in [9.17, 15) is 9.90 Å². The maximum Gasteiger partial charge on any atom is 0.284 e. The Bertz CT molecular complexity index is 1690. The van der Waals surface area contributed by atoms with Crippen molar-refractivity contribution in [1.29, 1.82) is 0 Å². The maximum absolute atomic E-state index is 15.6. The van der Waals surface area contributed by atoms with Crippen molar-refractivity contribution in [2.75, 3.05) is 13.1 Å². The number of aromatic nitrogens is 4. The molecule has 6 rings (SSSR count). The van der Waals surface area contributed by atoms with Crippen molar-refractivity contribution in [3.63, 3.8) is 0 Å². The Morgan fingerprint density at radius 3 is 2.58 bits per heavy atom. The number of aliphatic hydroxyl groups is 1. The molecule has 192 valence electrons. The molecule has 1 aliphatic heterocycles. The van der Waals surface area contributed by atoms with Gasteiger partial charge in [-0.15, -0.1) is 0 Å². The Morgan fingerprint density at radius 1 is 1.00 bits per heavy atom. The summed E-state index contributed by atoms with van der Waals surface area (Å²) >= 11 is 0. The summed E-state index contributed by atoms with van der Waals surface area (Å²) in [6, 6.07) is 20.2. The highest BCUT2D eigenvalue weighted by atomic mass is 19.1. The Labute approximate surface area is 218 Å². The highest BCUT2D eigenvalue weighted by Crippen LogP contribution is 2.28. The molecule has 0 bridgehead atoms. The minimum Gasteiger partial charge on any atom is -0.392 e. The third kappa shape index (κ3) is 4.41. The van der Waals surface area contributed by atoms with E-state index in [1.165, 1.54) is 23.3 Å². The fourth-order valence-corrected chi connectivity index (χ4v) is 5.12. The third-order valence-corrected chi connectivity index (χ3v) is 7.07. The van der Waals surface area contributed by atoms with Gasteiger partial charge in [0, 0.05) is 31.9 Å². The van der Waals surface area contributed by atoms with Crippen molar-refractivity contribution < 1.29 is 9.50 Å². The third-order valence-electron chi connectivity index (χ3n) is 7.07. The van der Waals surface area contributed by atoms with Crippen LogP contribution >= 0.6 is 0 Å². The van der Waals surface area contributed by atoms with E-state index in [1.54, 1.807) is 10.6 Å². The van der Waals surface area contributed by atoms with Crippen LogP contribution in [0.4, 0.5) is 4.39 Å². The van der Waals surface area contributed by atoms with E-state index in [4.69, 9.17) is 5.73 Å². The second kappa shape index (κ2) is 9.94. The molecule has 1 aliphatic rings. The summed E-state index contributed by atoms with van der Waals surface area (Å²) in [5, 5.41) is 9.88. The van der Waals surface area contributed by atoms with Crippen molar-refractivity contribution in [3.05, 3.63) is 107 Å². The van der Waals surface area contributed by atoms with Crippen molar-refractivity contribution in [1.82, 2.24) is 24.0 Å². The van der Waals surface area contributed by atoms with Crippen molar-refractivity contribution in [2.45, 2.75) is 25.6 Å². The summed E-state index contributed by atoms with van der Waals surface area (Å²) in [4.78, 5) is 24.4. The fourth-order valence-electron chi connectivity index (χ4n) is 5.12. The van der Waals surface area contributed by atoms with Gasteiger partial charge in [-0.2, -0.15) is 0 Å². The highest BCUT2D eigenvalue weighted by molar-refractivity contribution is 5.73. The van der Waals surface area contributed by atoms with Crippen molar-refractivity contribution >= 4 is 11.2 Å². The predicted molar refractivity (Wildman–Crippen MR) is 144 cm³/mol. The average Bonchev–Trinajstić information content (AvgIpc) is 3.56. The number of rotatable bonds is 6. The first-order chi connectivity index (χ1) is 18.5. The first-order valence-corrected chi connectivity index (χ1v) is 12.5. The first kappa shape index (κ1) is 24.2. The van der Waals surface area contributed by atoms with Gasteiger partial charge in [-0.05, 0) is 52.9 Å². The average molecular weight is 511 g/mol. The number of imidazole rings is 1. The lowest BCUT2D eigenvalue weighted by Crippen LogP contribution is -2.22. The number of benzene rings is 3. The molecule has 0 spiro atoms. The SMILES string of the molecule is NCc1cccc(-n2cnc3ncn(-c4ccc(-c5ccccc5CN5CC[C@@H](O)C5)cc4F)c(=O)c32)c1. The van der Waals surface area contributed by atoms with Crippen LogP contribution in [0.1, 0.15) is 17.5 Å². The number of β-amino-alcohol motifs (C(OH)–C–C–N with tert-alkyl or cyclic N) is 1. The van der Waals surface area contributed by atoms with Gasteiger partial charge >= 0.3 is 0 Å². The van der Waals surface area contributed by atoms with Gasteiger partial charge in [-0.1, -0.05) is 42.5 Å². The van der Waals surface area contributed by atoms with Crippen LogP contribution in [-0.4, -0.2) is 48.3 Å². The van der Waals surface area contributed by atoms with Gasteiger partial charge in [0.2, 0.25) is 0 Å². The van der Waals surface area contributed by atoms with Gasteiger partial charge in [0.05, 0.1) is 11.8 Å². The fraction of sp³-hybridized carbons (Fsp3) is 0.207. The highest BCUT2D eigenvalue weighted by Gasteiger charge is 2.21. The first-order valence-electron chi connectivity index (χ1n) is 12.5. The van der Waals surface area contributed by atoms with Crippen LogP contribution in [0.2, 0.25) is 0 Å². The van der Waals surface area contributed by atoms with Crippen LogP contribution in [0.25, 0.3) is 33.7 Å². The zero-order chi connectivity index (χ0) is 26.2. The van der Waals surface area contributed by atoms with Crippen LogP contribution in [0.3, 0.4) is 0 Å². The van der Waals surface area contributed by atoms with E-state index in [0.717, 1.165) is 35.3 Å². The molecule has 1 saturated heterocycles. The molecule has 3 aromatic carbocycles. The number of halogens is 1. The molecule has 1 atom stereocenters. The van der Waals surface area contributed by atoms with Gasteiger partial charge in [0.1, 0.15) is 18.5 Å². The summed E-state index contributed by atoms with van der Waals surface area (Å²) < 4.78 is 18.4. The van der Waals surface area contributed by atoms with Gasteiger partial charge in [-0.3, -0.25) is 18.8 Å². The van der Waals surface area contributed by atoms with Crippen LogP contribution in [0, 0.1) is 5.82 Å². The van der Waals surface area contributed by atoms with Gasteiger partial charge in [0.25, 0.3) is 5.56 Å². The molecule has 1 fully saturated rings. The molecule has 0 aliphatic carbocycles. The molecule has 3 N–H and O–H groups in total. The lowest BCUT2D eigenvalue weighted by Gasteiger charge is -2.18. The molecule has 2 aromatic heterocycles. The van der Waals surface area contributed by atoms with Crippen LogP contribution < -0.4 is 11.3 Å². The molecule has 38 heavy (non-hydrogen) atoms. The predicted octanol–water partition coefficient (Wildman–Crippen LogP) is 3.40. The molecule has 8 nitrogen and oxygen atoms in total. The zero-order valence-electron chi connectivity index (χ0n) is 20.7. The van der Waals surface area contributed by atoms with Crippen molar-refractivity contribution in [2.24, 2.45) is 5.73 Å². The van der Waals surface area contributed by atoms with E-state index in [1.807, 2.05) is 54.6 Å². The molecule has 0 saturated carbocycles. The number of likely N-dealkylation sites (tertiary alicyclic amines) is 1. The number of nitrogens with two attached hydrogens (primary N) is 1. The van der Waals surface area contributed by atoms with Gasteiger partial charge < -0.3 is 10.8 Å². The number of hydrogen-bond donors (Lipinski definition) is 2. The monoisotopic (exact) mass is 510 g/mol. The Kier molecular flexibility index (Phi) is 6.32. The second-order valence-electron chi connectivity index (χ2n) is 9.58. The number of hydrogen-bond acceptors (Lipinski definition) is 6. The summed E-state index contributed by atoms with van der Waals surface area (Å²) in [6.07, 6.45) is 3.30. The zero-order valence-corrected chi connectivity index (χ0v) is 20.7. The second-order valence-corrected chi connectivity index (χ2v) is 9.58. The molecule has 0 unspecified atom stereocenters. The summed E-state index contributed by atoms with van der Waals surface area (Å²) in [7, 11) is 0.